The zero-order valence-electron chi connectivity index (χ0n) is 13.1. The Morgan fingerprint density at radius 1 is 0.920 bits per heavy atom. The molecule has 0 saturated heterocycles. The summed E-state index contributed by atoms with van der Waals surface area (Å²) in [6.45, 7) is 0. The summed E-state index contributed by atoms with van der Waals surface area (Å²) in [5.74, 6) is -0.484. The number of rotatable bonds is 4. The van der Waals surface area contributed by atoms with Crippen LogP contribution >= 0.6 is 11.3 Å². The zero-order valence-corrected chi connectivity index (χ0v) is 13.9. The average molecular weight is 345 g/mol. The van der Waals surface area contributed by atoms with Crippen molar-refractivity contribution in [1.29, 1.82) is 0 Å². The van der Waals surface area contributed by atoms with Crippen molar-refractivity contribution in [2.75, 3.05) is 0 Å². The van der Waals surface area contributed by atoms with Crippen molar-refractivity contribution in [3.8, 4) is 33.2 Å². The second kappa shape index (κ2) is 6.37. The molecule has 25 heavy (non-hydrogen) atoms. The molecule has 0 amide bonds. The highest BCUT2D eigenvalue weighted by molar-refractivity contribution is 7.13. The van der Waals surface area contributed by atoms with E-state index in [9.17, 15) is 9.90 Å². The molecule has 0 aliphatic rings. The lowest BCUT2D eigenvalue weighted by Crippen LogP contribution is -2.21. The number of carboxylic acids is 1. The van der Waals surface area contributed by atoms with Crippen LogP contribution < -0.4 is 5.11 Å². The van der Waals surface area contributed by atoms with E-state index in [1.165, 1.54) is 12.1 Å². The first kappa shape index (κ1) is 15.4. The van der Waals surface area contributed by atoms with Crippen LogP contribution in [0.1, 0.15) is 10.4 Å². The van der Waals surface area contributed by atoms with Gasteiger partial charge in [0.2, 0.25) is 0 Å². The van der Waals surface area contributed by atoms with E-state index in [1.807, 2.05) is 47.8 Å². The number of aromatic amines is 1. The third-order valence-corrected chi connectivity index (χ3v) is 4.80. The van der Waals surface area contributed by atoms with Gasteiger partial charge in [0.15, 0.2) is 0 Å². The van der Waals surface area contributed by atoms with Gasteiger partial charge in [-0.15, -0.1) is 11.3 Å². The molecule has 5 heteroatoms. The van der Waals surface area contributed by atoms with Crippen LogP contribution in [0, 0.1) is 0 Å². The second-order valence-corrected chi connectivity index (χ2v) is 6.46. The Bertz CT molecular complexity index is 1000. The van der Waals surface area contributed by atoms with Crippen molar-refractivity contribution in [3.05, 3.63) is 77.7 Å². The maximum absolute atomic E-state index is 10.9. The van der Waals surface area contributed by atoms with Crippen molar-refractivity contribution in [1.82, 2.24) is 9.97 Å². The van der Waals surface area contributed by atoms with Crippen LogP contribution in [0.15, 0.2) is 72.1 Å². The molecular formula is C20H13N2O2S-. The normalized spacial score (nSPS) is 10.7. The van der Waals surface area contributed by atoms with Gasteiger partial charge in [0.1, 0.15) is 5.82 Å². The topological polar surface area (TPSA) is 68.8 Å². The first-order valence-corrected chi connectivity index (χ1v) is 8.61. The average Bonchev–Trinajstić information content (AvgIpc) is 3.32. The Labute approximate surface area is 148 Å². The van der Waals surface area contributed by atoms with Crippen LogP contribution in [0.25, 0.3) is 33.2 Å². The minimum atomic E-state index is -1.18. The predicted octanol–water partition coefficient (Wildman–Crippen LogP) is 3.84. The third-order valence-electron chi connectivity index (χ3n) is 3.91. The van der Waals surface area contributed by atoms with Crippen LogP contribution in [0.4, 0.5) is 0 Å². The van der Waals surface area contributed by atoms with E-state index in [0.717, 1.165) is 27.4 Å². The molecule has 0 unspecified atom stereocenters. The number of imidazole rings is 1. The van der Waals surface area contributed by atoms with E-state index in [4.69, 9.17) is 4.98 Å². The standard InChI is InChI=1S/C20H14N2O2S/c23-20(24)15-10-8-14(9-11-15)19-21-17(13-5-2-1-3-6-13)18(22-19)16-7-4-12-25-16/h1-12H,(H,21,22)(H,23,24)/p-1. The fourth-order valence-electron chi connectivity index (χ4n) is 2.68. The zero-order chi connectivity index (χ0) is 17.2. The molecule has 2 aromatic heterocycles. The van der Waals surface area contributed by atoms with Gasteiger partial charge in [0.25, 0.3) is 0 Å². The van der Waals surface area contributed by atoms with E-state index in [2.05, 4.69) is 4.98 Å². The van der Waals surface area contributed by atoms with E-state index in [-0.39, 0.29) is 5.56 Å². The molecule has 1 N–H and O–H groups in total. The number of aromatic carboxylic acids is 1. The number of benzene rings is 2. The Morgan fingerprint density at radius 3 is 2.32 bits per heavy atom. The Kier molecular flexibility index (Phi) is 3.91. The molecule has 0 aliphatic carbocycles. The highest BCUT2D eigenvalue weighted by Crippen LogP contribution is 2.35. The van der Waals surface area contributed by atoms with E-state index in [1.54, 1.807) is 23.5 Å². The molecule has 0 radical (unpaired) electrons. The first-order chi connectivity index (χ1) is 12.2. The van der Waals surface area contributed by atoms with Gasteiger partial charge in [-0.2, -0.15) is 0 Å². The van der Waals surface area contributed by atoms with Crippen LogP contribution in [0.2, 0.25) is 0 Å². The summed E-state index contributed by atoms with van der Waals surface area (Å²) in [6.07, 6.45) is 0. The van der Waals surface area contributed by atoms with Gasteiger partial charge in [0, 0.05) is 11.1 Å². The van der Waals surface area contributed by atoms with Crippen LogP contribution in [-0.2, 0) is 0 Å². The van der Waals surface area contributed by atoms with Crippen LogP contribution in [0.5, 0.6) is 0 Å². The van der Waals surface area contributed by atoms with E-state index >= 15 is 0 Å². The van der Waals surface area contributed by atoms with Gasteiger partial charge < -0.3 is 14.9 Å². The molecule has 0 bridgehead atoms. The lowest BCUT2D eigenvalue weighted by molar-refractivity contribution is -0.255. The summed E-state index contributed by atoms with van der Waals surface area (Å²) in [6, 6.07) is 20.6. The van der Waals surface area contributed by atoms with Crippen LogP contribution in [-0.4, -0.2) is 15.9 Å². The van der Waals surface area contributed by atoms with Gasteiger partial charge in [-0.25, -0.2) is 4.98 Å². The molecule has 0 atom stereocenters. The molecular weight excluding hydrogens is 332 g/mol. The predicted molar refractivity (Wildman–Crippen MR) is 97.1 cm³/mol. The van der Waals surface area contributed by atoms with Gasteiger partial charge in [0.05, 0.1) is 22.2 Å². The molecule has 4 rings (SSSR count). The molecule has 2 heterocycles. The smallest absolute Gasteiger partial charge is 0.138 e. The molecule has 122 valence electrons. The van der Waals surface area contributed by atoms with Gasteiger partial charge in [-0.05, 0) is 17.0 Å². The summed E-state index contributed by atoms with van der Waals surface area (Å²) in [5, 5.41) is 12.9. The Balaban J connectivity index is 1.83. The maximum Gasteiger partial charge on any atom is 0.138 e. The number of carbonyl (C=O) groups is 1. The molecule has 0 fully saturated rings. The number of hydrogen-bond donors (Lipinski definition) is 1. The molecule has 2 aromatic carbocycles. The van der Waals surface area contributed by atoms with E-state index in [0.29, 0.717) is 5.82 Å². The minimum absolute atomic E-state index is 0.150. The number of H-pyrrole nitrogens is 1. The van der Waals surface area contributed by atoms with E-state index < -0.39 is 5.97 Å². The lowest BCUT2D eigenvalue weighted by atomic mass is 10.1. The fourth-order valence-corrected chi connectivity index (χ4v) is 3.40. The number of nitrogens with zero attached hydrogens (tertiary/aromatic N) is 1. The summed E-state index contributed by atoms with van der Waals surface area (Å²) in [4.78, 5) is 20.2. The number of aromatic nitrogens is 2. The number of nitrogens with one attached hydrogen (secondary N) is 1. The fraction of sp³-hybridized carbons (Fsp3) is 0. The van der Waals surface area contributed by atoms with Crippen molar-refractivity contribution >= 4 is 17.3 Å². The number of carbonyl (C=O) groups excluding carboxylic acids is 1. The molecule has 4 nitrogen and oxygen atoms in total. The monoisotopic (exact) mass is 345 g/mol. The Hall–Kier alpha value is -3.18. The SMILES string of the molecule is O=C([O-])c1ccc(-c2nc(-c3ccccc3)c(-c3cccs3)[nH]2)cc1. The van der Waals surface area contributed by atoms with Gasteiger partial charge in [-0.1, -0.05) is 60.7 Å². The quantitative estimate of drug-likeness (QED) is 0.611. The summed E-state index contributed by atoms with van der Waals surface area (Å²) < 4.78 is 0. The number of carboxylic acid groups (broad SMARTS) is 1. The molecule has 4 aromatic rings. The maximum atomic E-state index is 10.9. The number of hydrogen-bond acceptors (Lipinski definition) is 4. The molecule has 0 spiro atoms. The summed E-state index contributed by atoms with van der Waals surface area (Å²) >= 11 is 1.64. The van der Waals surface area contributed by atoms with Crippen molar-refractivity contribution in [3.63, 3.8) is 0 Å². The lowest BCUT2D eigenvalue weighted by Gasteiger charge is -2.02. The third kappa shape index (κ3) is 2.97. The molecule has 0 aliphatic heterocycles. The largest absolute Gasteiger partial charge is 0.545 e. The highest BCUT2D eigenvalue weighted by atomic mass is 32.1. The summed E-state index contributed by atoms with van der Waals surface area (Å²) in [5.41, 5.74) is 3.84. The Morgan fingerprint density at radius 2 is 1.68 bits per heavy atom. The number of thiophene rings is 1. The van der Waals surface area contributed by atoms with Gasteiger partial charge >= 0.3 is 0 Å². The second-order valence-electron chi connectivity index (χ2n) is 5.52. The van der Waals surface area contributed by atoms with Crippen molar-refractivity contribution < 1.29 is 9.90 Å². The summed E-state index contributed by atoms with van der Waals surface area (Å²) in [7, 11) is 0. The first-order valence-electron chi connectivity index (χ1n) is 7.73. The van der Waals surface area contributed by atoms with Gasteiger partial charge in [-0.3, -0.25) is 0 Å². The van der Waals surface area contributed by atoms with Crippen molar-refractivity contribution in [2.24, 2.45) is 0 Å². The highest BCUT2D eigenvalue weighted by Gasteiger charge is 2.15. The minimum Gasteiger partial charge on any atom is -0.545 e. The van der Waals surface area contributed by atoms with Crippen molar-refractivity contribution in [2.45, 2.75) is 0 Å². The molecule has 0 saturated carbocycles. The van der Waals surface area contributed by atoms with Crippen LogP contribution in [0.3, 0.4) is 0 Å².